The van der Waals surface area contributed by atoms with Gasteiger partial charge in [-0.05, 0) is 60.3 Å². The molecule has 11 heteroatoms. The molecule has 4 aliphatic heterocycles. The molecule has 4 saturated heterocycles. The minimum Gasteiger partial charge on any atom is -0.465 e. The molecule has 9 nitrogen and oxygen atoms in total. The van der Waals surface area contributed by atoms with E-state index in [0.29, 0.717) is 49.6 Å². The van der Waals surface area contributed by atoms with E-state index in [0.717, 1.165) is 47.5 Å². The molecule has 4 aliphatic rings. The Morgan fingerprint density at radius 2 is 2.08 bits per heavy atom. The van der Waals surface area contributed by atoms with Crippen LogP contribution in [0, 0.1) is 0 Å². The van der Waals surface area contributed by atoms with Crippen LogP contribution in [0.5, 0.6) is 6.01 Å². The number of hydrogen-bond donors (Lipinski definition) is 1. The fourth-order valence-electron chi connectivity index (χ4n) is 6.99. The molecule has 4 atom stereocenters. The van der Waals surface area contributed by atoms with Crippen LogP contribution in [0.1, 0.15) is 32.1 Å². The number of nitrogens with zero attached hydrogens (tertiary/aromatic N) is 5. The summed E-state index contributed by atoms with van der Waals surface area (Å²) in [6, 6.07) is 3.95. The molecule has 2 unspecified atom stereocenters. The maximum atomic E-state index is 14.3. The van der Waals surface area contributed by atoms with Gasteiger partial charge in [0, 0.05) is 35.9 Å². The smallest absolute Gasteiger partial charge is 0.407 e. The van der Waals surface area contributed by atoms with Crippen LogP contribution in [-0.2, 0) is 0 Å². The molecule has 0 spiro atoms. The van der Waals surface area contributed by atoms with E-state index < -0.39 is 12.3 Å². The number of aromatic nitrogens is 2. The minimum absolute atomic E-state index is 0.0795. The van der Waals surface area contributed by atoms with E-state index in [1.54, 1.807) is 11.2 Å². The van der Waals surface area contributed by atoms with Crippen LogP contribution in [0.2, 0.25) is 0 Å². The van der Waals surface area contributed by atoms with E-state index in [1.165, 1.54) is 0 Å². The molecule has 2 aromatic heterocycles. The summed E-state index contributed by atoms with van der Waals surface area (Å²) in [6.07, 6.45) is 4.06. The summed E-state index contributed by atoms with van der Waals surface area (Å²) < 4.78 is 27.3. The molecule has 1 N–H and O–H groups in total. The second-order valence-corrected chi connectivity index (χ2v) is 11.4. The first-order valence-corrected chi connectivity index (χ1v) is 13.4. The third-order valence-electron chi connectivity index (χ3n) is 8.54. The lowest BCUT2D eigenvalue weighted by atomic mass is 9.95. The number of anilines is 1. The van der Waals surface area contributed by atoms with Crippen molar-refractivity contribution in [3.63, 3.8) is 0 Å². The van der Waals surface area contributed by atoms with Crippen molar-refractivity contribution >= 4 is 49.7 Å². The number of alkyl halides is 1. The molecule has 0 radical (unpaired) electrons. The Bertz CT molecular complexity index is 1360. The number of furan rings is 1. The number of hydrogen-bond acceptors (Lipinski definition) is 7. The monoisotopic (exact) mass is 559 g/mol. The zero-order valence-electron chi connectivity index (χ0n) is 19.7. The van der Waals surface area contributed by atoms with Gasteiger partial charge >= 0.3 is 12.1 Å². The van der Waals surface area contributed by atoms with Gasteiger partial charge in [-0.15, -0.1) is 0 Å². The van der Waals surface area contributed by atoms with Crippen molar-refractivity contribution in [1.29, 1.82) is 0 Å². The number of carbonyl (C=O) groups is 1. The lowest BCUT2D eigenvalue weighted by Gasteiger charge is -2.40. The van der Waals surface area contributed by atoms with Gasteiger partial charge in [0.05, 0.1) is 34.8 Å². The van der Waals surface area contributed by atoms with E-state index in [1.807, 2.05) is 12.1 Å². The van der Waals surface area contributed by atoms with Gasteiger partial charge in [0.25, 0.3) is 0 Å². The highest BCUT2D eigenvalue weighted by molar-refractivity contribution is 9.10. The van der Waals surface area contributed by atoms with Crippen molar-refractivity contribution in [2.75, 3.05) is 37.7 Å². The summed E-state index contributed by atoms with van der Waals surface area (Å²) in [4.78, 5) is 27.4. The molecule has 3 aromatic rings. The first kappa shape index (κ1) is 22.5. The highest BCUT2D eigenvalue weighted by Crippen LogP contribution is 2.42. The fraction of sp³-hybridized carbons (Fsp3) is 0.560. The molecule has 2 bridgehead atoms. The number of amides is 1. The summed E-state index contributed by atoms with van der Waals surface area (Å²) in [7, 11) is 0. The Morgan fingerprint density at radius 3 is 2.86 bits per heavy atom. The van der Waals surface area contributed by atoms with Crippen LogP contribution in [0.4, 0.5) is 15.0 Å². The number of fused-ring (bicyclic) bond motifs is 6. The van der Waals surface area contributed by atoms with Gasteiger partial charge in [-0.2, -0.15) is 9.97 Å². The summed E-state index contributed by atoms with van der Waals surface area (Å²) in [5, 5.41) is 11.4. The third-order valence-corrected chi connectivity index (χ3v) is 9.20. The number of carboxylic acid groups (broad SMARTS) is 1. The Balaban J connectivity index is 1.29. The van der Waals surface area contributed by atoms with Gasteiger partial charge in [-0.3, -0.25) is 9.80 Å². The number of halogens is 2. The quantitative estimate of drug-likeness (QED) is 0.501. The average molecular weight is 560 g/mol. The van der Waals surface area contributed by atoms with Crippen molar-refractivity contribution in [3.05, 3.63) is 22.9 Å². The zero-order chi connectivity index (χ0) is 24.6. The molecular weight excluding hydrogens is 533 g/mol. The van der Waals surface area contributed by atoms with Gasteiger partial charge in [0.1, 0.15) is 24.2 Å². The maximum Gasteiger partial charge on any atom is 0.407 e. The summed E-state index contributed by atoms with van der Waals surface area (Å²) in [5.41, 5.74) is 1.08. The van der Waals surface area contributed by atoms with Crippen LogP contribution in [0.3, 0.4) is 0 Å². The van der Waals surface area contributed by atoms with Crippen molar-refractivity contribution in [2.24, 2.45) is 0 Å². The second kappa shape index (κ2) is 8.17. The molecule has 7 rings (SSSR count). The highest BCUT2D eigenvalue weighted by atomic mass is 79.9. The number of ether oxygens (including phenoxy) is 1. The van der Waals surface area contributed by atoms with Crippen LogP contribution in [-0.4, -0.2) is 87.5 Å². The lowest BCUT2D eigenvalue weighted by Crippen LogP contribution is -2.55. The molecule has 190 valence electrons. The predicted molar refractivity (Wildman–Crippen MR) is 134 cm³/mol. The average Bonchev–Trinajstić information content (AvgIpc) is 3.59. The first-order chi connectivity index (χ1) is 17.4. The van der Waals surface area contributed by atoms with Crippen LogP contribution in [0.15, 0.2) is 27.3 Å². The fourth-order valence-corrected chi connectivity index (χ4v) is 7.51. The number of piperazine rings is 1. The van der Waals surface area contributed by atoms with E-state index in [-0.39, 0.29) is 23.6 Å². The van der Waals surface area contributed by atoms with Crippen LogP contribution in [0.25, 0.3) is 21.9 Å². The Labute approximate surface area is 215 Å². The van der Waals surface area contributed by atoms with E-state index >= 15 is 0 Å². The highest BCUT2D eigenvalue weighted by Gasteiger charge is 2.49. The predicted octanol–water partition coefficient (Wildman–Crippen LogP) is 4.42. The molecule has 6 heterocycles. The minimum atomic E-state index is -0.862. The van der Waals surface area contributed by atoms with E-state index in [4.69, 9.17) is 19.1 Å². The molecule has 0 aliphatic carbocycles. The molecule has 4 fully saturated rings. The second-order valence-electron chi connectivity index (χ2n) is 10.6. The van der Waals surface area contributed by atoms with Gasteiger partial charge in [-0.25, -0.2) is 9.18 Å². The standard InChI is InChI=1S/C25H27BrFN5O4/c26-18-8-19-20(21-17(18)4-7-35-21)22(30-11-15-2-3-16(12-30)32(15)24(33)34)29-23(28-19)36-13-25-5-1-6-31(25)10-14(27)9-25/h4,7-8,14-16H,1-3,5-6,9-13H2,(H,33,34)/t14-,15?,16?,25+/m1/s1. The Kier molecular flexibility index (Phi) is 5.12. The largest absolute Gasteiger partial charge is 0.465 e. The van der Waals surface area contributed by atoms with Crippen molar-refractivity contribution in [3.8, 4) is 6.01 Å². The lowest BCUT2D eigenvalue weighted by molar-refractivity contribution is 0.107. The van der Waals surface area contributed by atoms with Crippen molar-refractivity contribution < 1.29 is 23.4 Å². The van der Waals surface area contributed by atoms with Crippen LogP contribution < -0.4 is 9.64 Å². The van der Waals surface area contributed by atoms with Gasteiger partial charge in [0.2, 0.25) is 0 Å². The Hall–Kier alpha value is -2.66. The van der Waals surface area contributed by atoms with Gasteiger partial charge < -0.3 is 19.2 Å². The molecule has 0 saturated carbocycles. The van der Waals surface area contributed by atoms with Gasteiger partial charge in [0.15, 0.2) is 0 Å². The molecule has 36 heavy (non-hydrogen) atoms. The maximum absolute atomic E-state index is 14.3. The van der Waals surface area contributed by atoms with E-state index in [2.05, 4.69) is 25.7 Å². The summed E-state index contributed by atoms with van der Waals surface area (Å²) in [5.74, 6) is 0.694. The van der Waals surface area contributed by atoms with Crippen molar-refractivity contribution in [2.45, 2.75) is 55.9 Å². The molecule has 1 amide bonds. The Morgan fingerprint density at radius 1 is 1.28 bits per heavy atom. The van der Waals surface area contributed by atoms with Gasteiger partial charge in [-0.1, -0.05) is 0 Å². The third kappa shape index (κ3) is 3.38. The van der Waals surface area contributed by atoms with Crippen molar-refractivity contribution in [1.82, 2.24) is 19.8 Å². The topological polar surface area (TPSA) is 95.2 Å². The first-order valence-electron chi connectivity index (χ1n) is 12.6. The summed E-state index contributed by atoms with van der Waals surface area (Å²) >= 11 is 3.64. The number of rotatable bonds is 4. The number of benzene rings is 1. The SMILES string of the molecule is O=C(O)N1C2CCC1CN(c1nc(OC[C@@]34CCCN3C[C@H](F)C4)nc3cc(Br)c4ccoc4c13)C2. The zero-order valence-corrected chi connectivity index (χ0v) is 21.3. The van der Waals surface area contributed by atoms with E-state index in [9.17, 15) is 14.3 Å². The molecular formula is C25H27BrFN5O4. The normalized spacial score (nSPS) is 30.0. The summed E-state index contributed by atoms with van der Waals surface area (Å²) in [6.45, 7) is 2.81. The van der Waals surface area contributed by atoms with Crippen LogP contribution >= 0.6 is 15.9 Å². The molecule has 1 aromatic carbocycles.